The van der Waals surface area contributed by atoms with Crippen molar-refractivity contribution >= 4 is 22.6 Å². The van der Waals surface area contributed by atoms with Gasteiger partial charge in [0.1, 0.15) is 5.75 Å². The molecule has 1 aromatic heterocycles. The number of hydrogen-bond acceptors (Lipinski definition) is 4. The first-order chi connectivity index (χ1) is 13.6. The first kappa shape index (κ1) is 18.4. The molecule has 0 spiro atoms. The summed E-state index contributed by atoms with van der Waals surface area (Å²) in [4.78, 5) is 14.8. The number of nitrogens with one attached hydrogen (secondary N) is 1. The number of H-pyrrole nitrogens is 1. The van der Waals surface area contributed by atoms with Gasteiger partial charge in [-0.3, -0.25) is 4.79 Å². The van der Waals surface area contributed by atoms with Crippen molar-refractivity contribution in [1.82, 2.24) is 4.98 Å². The minimum Gasteiger partial charge on any atom is -0.488 e. The molecule has 0 atom stereocenters. The molecule has 4 rings (SSSR count). The fourth-order valence-electron chi connectivity index (χ4n) is 3.95. The summed E-state index contributed by atoms with van der Waals surface area (Å²) in [5.74, 6) is 0.531. The Balaban J connectivity index is 1.74. The first-order valence-corrected chi connectivity index (χ1v) is 9.87. The van der Waals surface area contributed by atoms with E-state index in [1.165, 1.54) is 20.0 Å². The molecule has 0 aliphatic heterocycles. The van der Waals surface area contributed by atoms with E-state index in [9.17, 15) is 4.79 Å². The van der Waals surface area contributed by atoms with Gasteiger partial charge in [0.05, 0.1) is 18.9 Å². The lowest BCUT2D eigenvalue weighted by molar-refractivity contribution is -0.140. The lowest BCUT2D eigenvalue weighted by Gasteiger charge is -2.20. The molecule has 28 heavy (non-hydrogen) atoms. The highest BCUT2D eigenvalue weighted by molar-refractivity contribution is 5.88. The van der Waals surface area contributed by atoms with E-state index < -0.39 is 0 Å². The van der Waals surface area contributed by atoms with Gasteiger partial charge in [-0.25, -0.2) is 0 Å². The topological polar surface area (TPSA) is 77.3 Å². The number of aromatic amines is 1. The van der Waals surface area contributed by atoms with Crippen LogP contribution in [0.3, 0.4) is 0 Å². The van der Waals surface area contributed by atoms with Gasteiger partial charge in [-0.15, -0.1) is 0 Å². The number of aryl methyl sites for hydroxylation is 1. The van der Waals surface area contributed by atoms with Crippen LogP contribution in [0.2, 0.25) is 0 Å². The summed E-state index contributed by atoms with van der Waals surface area (Å²) in [6.45, 7) is 0. The van der Waals surface area contributed by atoms with Crippen molar-refractivity contribution in [2.45, 2.75) is 44.6 Å². The van der Waals surface area contributed by atoms with Gasteiger partial charge < -0.3 is 20.2 Å². The number of carbonyl (C=O) groups excluding carboxylic acids is 1. The van der Waals surface area contributed by atoms with Crippen LogP contribution in [0, 0.1) is 0 Å². The second-order valence-corrected chi connectivity index (χ2v) is 7.44. The zero-order chi connectivity index (χ0) is 19.5. The number of nitrogens with two attached hydrogens (primary N) is 1. The van der Waals surface area contributed by atoms with Gasteiger partial charge in [-0.05, 0) is 78.9 Å². The lowest BCUT2D eigenvalue weighted by Crippen LogP contribution is -2.13. The smallest absolute Gasteiger partial charge is 0.305 e. The monoisotopic (exact) mass is 378 g/mol. The Morgan fingerprint density at radius 2 is 2.00 bits per heavy atom. The number of carbonyl (C=O) groups is 1. The molecule has 3 aromatic rings. The van der Waals surface area contributed by atoms with Gasteiger partial charge >= 0.3 is 5.97 Å². The van der Waals surface area contributed by atoms with Gasteiger partial charge in [0, 0.05) is 23.7 Å². The maximum Gasteiger partial charge on any atom is 0.305 e. The van der Waals surface area contributed by atoms with Crippen molar-refractivity contribution in [3.63, 3.8) is 0 Å². The fourth-order valence-corrected chi connectivity index (χ4v) is 3.95. The quantitative estimate of drug-likeness (QED) is 0.475. The van der Waals surface area contributed by atoms with Crippen LogP contribution in [0.4, 0.5) is 5.69 Å². The zero-order valence-corrected chi connectivity index (χ0v) is 16.2. The molecule has 1 saturated carbocycles. The normalized spacial score (nSPS) is 14.5. The third-order valence-corrected chi connectivity index (χ3v) is 5.47. The molecule has 1 aliphatic carbocycles. The molecule has 5 heteroatoms. The molecule has 0 radical (unpaired) electrons. The molecule has 146 valence electrons. The molecular weight excluding hydrogens is 352 g/mol. The van der Waals surface area contributed by atoms with Crippen LogP contribution >= 0.6 is 0 Å². The molecule has 5 nitrogen and oxygen atoms in total. The third-order valence-electron chi connectivity index (χ3n) is 5.47. The van der Waals surface area contributed by atoms with Gasteiger partial charge in [0.2, 0.25) is 0 Å². The lowest BCUT2D eigenvalue weighted by atomic mass is 9.97. The predicted molar refractivity (Wildman–Crippen MR) is 111 cm³/mol. The fraction of sp³-hybridized carbons (Fsp3) is 0.348. The minimum absolute atomic E-state index is 0.220. The number of ether oxygens (including phenoxy) is 2. The van der Waals surface area contributed by atoms with Crippen LogP contribution < -0.4 is 10.5 Å². The highest BCUT2D eigenvalue weighted by Crippen LogP contribution is 2.40. The second kappa shape index (κ2) is 7.97. The summed E-state index contributed by atoms with van der Waals surface area (Å²) in [5, 5.41) is 1.14. The number of benzene rings is 2. The predicted octanol–water partition coefficient (Wildman–Crippen LogP) is 4.84. The van der Waals surface area contributed by atoms with Gasteiger partial charge in [-0.1, -0.05) is 6.07 Å². The van der Waals surface area contributed by atoms with Gasteiger partial charge in [0.25, 0.3) is 0 Å². The van der Waals surface area contributed by atoms with Crippen LogP contribution in [0.1, 0.15) is 37.7 Å². The van der Waals surface area contributed by atoms with Crippen molar-refractivity contribution in [3.8, 4) is 16.9 Å². The molecular formula is C23H26N2O3. The average Bonchev–Trinajstić information content (AvgIpc) is 3.38. The van der Waals surface area contributed by atoms with Crippen molar-refractivity contribution in [3.05, 3.63) is 48.2 Å². The summed E-state index contributed by atoms with van der Waals surface area (Å²) >= 11 is 0. The summed E-state index contributed by atoms with van der Waals surface area (Å²) in [6, 6.07) is 12.4. The number of rotatable bonds is 6. The molecule has 3 N–H and O–H groups in total. The number of anilines is 1. The largest absolute Gasteiger partial charge is 0.488 e. The van der Waals surface area contributed by atoms with E-state index in [0.717, 1.165) is 46.2 Å². The highest BCUT2D eigenvalue weighted by Gasteiger charge is 2.21. The van der Waals surface area contributed by atoms with E-state index in [-0.39, 0.29) is 12.1 Å². The van der Waals surface area contributed by atoms with Crippen molar-refractivity contribution < 1.29 is 14.3 Å². The van der Waals surface area contributed by atoms with Crippen LogP contribution in [0.15, 0.2) is 42.6 Å². The summed E-state index contributed by atoms with van der Waals surface area (Å²) in [7, 11) is 1.41. The SMILES string of the molecule is COC(=O)CCc1cc(N)c(OC2CCCC2)c(-c2ccc3[nH]ccc3c2)c1. The van der Waals surface area contributed by atoms with Gasteiger partial charge in [0.15, 0.2) is 0 Å². The van der Waals surface area contributed by atoms with Crippen molar-refractivity contribution in [2.24, 2.45) is 0 Å². The third kappa shape index (κ3) is 3.84. The van der Waals surface area contributed by atoms with E-state index in [1.807, 2.05) is 12.3 Å². The van der Waals surface area contributed by atoms with Crippen LogP contribution in [0.5, 0.6) is 5.75 Å². The Bertz CT molecular complexity index is 987. The molecule has 1 heterocycles. The Morgan fingerprint density at radius 3 is 2.79 bits per heavy atom. The Labute approximate surface area is 164 Å². The highest BCUT2D eigenvalue weighted by atomic mass is 16.5. The average molecular weight is 378 g/mol. The Hall–Kier alpha value is -2.95. The molecule has 1 fully saturated rings. The van der Waals surface area contributed by atoms with E-state index in [0.29, 0.717) is 18.5 Å². The molecule has 0 saturated heterocycles. The zero-order valence-electron chi connectivity index (χ0n) is 16.2. The number of nitrogen functional groups attached to an aromatic ring is 1. The molecule has 2 aromatic carbocycles. The maximum absolute atomic E-state index is 11.6. The molecule has 1 aliphatic rings. The molecule has 0 bridgehead atoms. The van der Waals surface area contributed by atoms with Crippen LogP contribution in [-0.2, 0) is 16.0 Å². The van der Waals surface area contributed by atoms with Crippen molar-refractivity contribution in [2.75, 3.05) is 12.8 Å². The second-order valence-electron chi connectivity index (χ2n) is 7.44. The molecule has 0 unspecified atom stereocenters. The molecule has 0 amide bonds. The van der Waals surface area contributed by atoms with E-state index in [2.05, 4.69) is 35.3 Å². The number of esters is 1. The minimum atomic E-state index is -0.222. The number of fused-ring (bicyclic) bond motifs is 1. The van der Waals surface area contributed by atoms with Crippen LogP contribution in [0.25, 0.3) is 22.0 Å². The number of methoxy groups -OCH3 is 1. The van der Waals surface area contributed by atoms with Crippen LogP contribution in [-0.4, -0.2) is 24.2 Å². The summed E-state index contributed by atoms with van der Waals surface area (Å²) < 4.78 is 11.1. The first-order valence-electron chi connectivity index (χ1n) is 9.87. The number of aromatic nitrogens is 1. The van der Waals surface area contributed by atoms with Gasteiger partial charge in [-0.2, -0.15) is 0 Å². The van der Waals surface area contributed by atoms with Crippen molar-refractivity contribution in [1.29, 1.82) is 0 Å². The van der Waals surface area contributed by atoms with E-state index >= 15 is 0 Å². The number of hydrogen-bond donors (Lipinski definition) is 2. The Morgan fingerprint density at radius 1 is 1.18 bits per heavy atom. The maximum atomic E-state index is 11.6. The van der Waals surface area contributed by atoms with E-state index in [4.69, 9.17) is 15.2 Å². The summed E-state index contributed by atoms with van der Waals surface area (Å²) in [6.07, 6.45) is 7.61. The van der Waals surface area contributed by atoms with E-state index in [1.54, 1.807) is 0 Å². The summed E-state index contributed by atoms with van der Waals surface area (Å²) in [5.41, 5.74) is 11.2. The Kier molecular flexibility index (Phi) is 5.24. The standard InChI is InChI=1S/C23H26N2O3/c1-27-22(26)9-6-15-12-19(16-7-8-21-17(14-16)10-11-25-21)23(20(24)13-15)28-18-4-2-3-5-18/h7-8,10-14,18,25H,2-6,9,24H2,1H3.